The molecule has 142 valence electrons. The fraction of sp³-hybridized carbons (Fsp3) is 0.200. The number of ether oxygens (including phenoxy) is 1. The van der Waals surface area contributed by atoms with Crippen LogP contribution < -0.4 is 5.32 Å². The summed E-state index contributed by atoms with van der Waals surface area (Å²) in [5.74, 6) is 0. The summed E-state index contributed by atoms with van der Waals surface area (Å²) in [4.78, 5) is 22.3. The van der Waals surface area contributed by atoms with Crippen LogP contribution in [0.4, 0.5) is 18.0 Å². The van der Waals surface area contributed by atoms with Gasteiger partial charge < -0.3 is 10.1 Å². The summed E-state index contributed by atoms with van der Waals surface area (Å²) in [5.41, 5.74) is -0.184. The second-order valence-corrected chi connectivity index (χ2v) is 5.64. The molecule has 0 aliphatic carbocycles. The Morgan fingerprint density at radius 2 is 1.85 bits per heavy atom. The zero-order valence-electron chi connectivity index (χ0n) is 14.3. The number of alkyl carbamates (subject to hydrolysis) is 1. The molecule has 0 fully saturated rings. The zero-order chi connectivity index (χ0) is 19.7. The summed E-state index contributed by atoms with van der Waals surface area (Å²) < 4.78 is 43.7. The standard InChI is InChI=1S/C20H18F3NO3/c21-20(22,23)18-12-15(9-10-17(18)13-25)6-4-5-11-24-19(26)27-14-16-7-2-1-3-8-16/h1-4,6-10,12-13H,5,11,14H2,(H,24,26). The monoisotopic (exact) mass is 377 g/mol. The van der Waals surface area contributed by atoms with E-state index in [0.717, 1.165) is 17.7 Å². The van der Waals surface area contributed by atoms with E-state index in [1.165, 1.54) is 12.1 Å². The van der Waals surface area contributed by atoms with Gasteiger partial charge in [0.2, 0.25) is 0 Å². The van der Waals surface area contributed by atoms with Gasteiger partial charge in [0, 0.05) is 12.1 Å². The maximum Gasteiger partial charge on any atom is 0.417 e. The van der Waals surface area contributed by atoms with Crippen molar-refractivity contribution in [3.63, 3.8) is 0 Å². The molecular formula is C20H18F3NO3. The lowest BCUT2D eigenvalue weighted by atomic mass is 10.0. The molecule has 0 aliphatic rings. The van der Waals surface area contributed by atoms with E-state index >= 15 is 0 Å². The number of alkyl halides is 3. The first-order valence-corrected chi connectivity index (χ1v) is 8.17. The van der Waals surface area contributed by atoms with Crippen LogP contribution in [0.25, 0.3) is 6.08 Å². The molecule has 0 saturated carbocycles. The predicted molar refractivity (Wildman–Crippen MR) is 95.1 cm³/mol. The average Bonchev–Trinajstić information content (AvgIpc) is 2.66. The molecule has 1 N–H and O–H groups in total. The molecule has 1 amide bonds. The molecule has 0 spiro atoms. The van der Waals surface area contributed by atoms with Crippen molar-refractivity contribution in [3.8, 4) is 0 Å². The van der Waals surface area contributed by atoms with Crippen LogP contribution >= 0.6 is 0 Å². The molecule has 0 radical (unpaired) electrons. The number of amides is 1. The Morgan fingerprint density at radius 1 is 1.11 bits per heavy atom. The topological polar surface area (TPSA) is 55.4 Å². The van der Waals surface area contributed by atoms with Crippen molar-refractivity contribution in [2.24, 2.45) is 0 Å². The Kier molecular flexibility index (Phi) is 7.16. The predicted octanol–water partition coefficient (Wildman–Crippen LogP) is 4.85. The van der Waals surface area contributed by atoms with Crippen LogP contribution in [0.5, 0.6) is 0 Å². The SMILES string of the molecule is O=Cc1ccc(C=CCCNC(=O)OCc2ccccc2)cc1C(F)(F)F. The van der Waals surface area contributed by atoms with E-state index in [9.17, 15) is 22.8 Å². The van der Waals surface area contributed by atoms with Gasteiger partial charge in [-0.2, -0.15) is 13.2 Å². The van der Waals surface area contributed by atoms with E-state index in [-0.39, 0.29) is 19.4 Å². The summed E-state index contributed by atoms with van der Waals surface area (Å²) in [6.45, 7) is 0.439. The van der Waals surface area contributed by atoms with Gasteiger partial charge in [0.15, 0.2) is 6.29 Å². The van der Waals surface area contributed by atoms with E-state index in [2.05, 4.69) is 5.32 Å². The lowest BCUT2D eigenvalue weighted by molar-refractivity contribution is -0.137. The van der Waals surface area contributed by atoms with Crippen molar-refractivity contribution >= 4 is 18.5 Å². The Bertz CT molecular complexity index is 802. The Hall–Kier alpha value is -3.09. The van der Waals surface area contributed by atoms with Crippen molar-refractivity contribution in [2.45, 2.75) is 19.2 Å². The second kappa shape index (κ2) is 9.56. The third-order valence-electron chi connectivity index (χ3n) is 3.61. The van der Waals surface area contributed by atoms with Gasteiger partial charge in [-0.05, 0) is 23.6 Å². The van der Waals surface area contributed by atoms with E-state index < -0.39 is 23.4 Å². The molecule has 0 saturated heterocycles. The molecule has 4 nitrogen and oxygen atoms in total. The molecule has 27 heavy (non-hydrogen) atoms. The van der Waals surface area contributed by atoms with Gasteiger partial charge >= 0.3 is 12.3 Å². The molecule has 0 bridgehead atoms. The molecule has 0 unspecified atom stereocenters. The first-order valence-electron chi connectivity index (χ1n) is 8.17. The van der Waals surface area contributed by atoms with Gasteiger partial charge in [-0.25, -0.2) is 4.79 Å². The molecule has 2 aromatic carbocycles. The number of hydrogen-bond donors (Lipinski definition) is 1. The van der Waals surface area contributed by atoms with Crippen LogP contribution in [0, 0.1) is 0 Å². The van der Waals surface area contributed by atoms with Gasteiger partial charge in [-0.15, -0.1) is 0 Å². The van der Waals surface area contributed by atoms with Crippen LogP contribution in [0.2, 0.25) is 0 Å². The van der Waals surface area contributed by atoms with Crippen LogP contribution in [0.3, 0.4) is 0 Å². The number of carbonyl (C=O) groups excluding carboxylic acids is 2. The van der Waals surface area contributed by atoms with Crippen molar-refractivity contribution < 1.29 is 27.5 Å². The molecule has 0 aromatic heterocycles. The summed E-state index contributed by atoms with van der Waals surface area (Å²) in [7, 11) is 0. The highest BCUT2D eigenvalue weighted by Gasteiger charge is 2.33. The lowest BCUT2D eigenvalue weighted by Crippen LogP contribution is -2.24. The van der Waals surface area contributed by atoms with E-state index in [4.69, 9.17) is 4.74 Å². The highest BCUT2D eigenvalue weighted by molar-refractivity contribution is 5.78. The van der Waals surface area contributed by atoms with Crippen LogP contribution in [0.1, 0.15) is 33.5 Å². The van der Waals surface area contributed by atoms with E-state index in [1.54, 1.807) is 6.08 Å². The molecule has 0 atom stereocenters. The molecule has 2 rings (SSSR count). The number of nitrogens with one attached hydrogen (secondary N) is 1. The van der Waals surface area contributed by atoms with Crippen molar-refractivity contribution in [1.82, 2.24) is 5.32 Å². The highest BCUT2D eigenvalue weighted by Crippen LogP contribution is 2.32. The van der Waals surface area contributed by atoms with Gasteiger partial charge in [0.1, 0.15) is 6.61 Å². The number of hydrogen-bond acceptors (Lipinski definition) is 3. The first kappa shape index (κ1) is 20.2. The summed E-state index contributed by atoms with van der Waals surface area (Å²) >= 11 is 0. The molecule has 7 heteroatoms. The molecular weight excluding hydrogens is 359 g/mol. The fourth-order valence-electron chi connectivity index (χ4n) is 2.28. The number of benzene rings is 2. The van der Waals surface area contributed by atoms with E-state index in [0.29, 0.717) is 12.0 Å². The fourth-order valence-corrected chi connectivity index (χ4v) is 2.28. The quantitative estimate of drug-likeness (QED) is 0.554. The number of halogens is 3. The largest absolute Gasteiger partial charge is 0.445 e. The zero-order valence-corrected chi connectivity index (χ0v) is 14.3. The Labute approximate surface area is 154 Å². The van der Waals surface area contributed by atoms with Crippen LogP contribution in [-0.4, -0.2) is 18.9 Å². The minimum absolute atomic E-state index is 0.159. The maximum absolute atomic E-state index is 12.9. The molecule has 2 aromatic rings. The lowest BCUT2D eigenvalue weighted by Gasteiger charge is -2.10. The van der Waals surface area contributed by atoms with Crippen molar-refractivity contribution in [2.75, 3.05) is 6.54 Å². The number of carbonyl (C=O) groups is 2. The highest BCUT2D eigenvalue weighted by atomic mass is 19.4. The number of aldehydes is 1. The van der Waals surface area contributed by atoms with Gasteiger partial charge in [-0.1, -0.05) is 54.6 Å². The van der Waals surface area contributed by atoms with Crippen LogP contribution in [0.15, 0.2) is 54.6 Å². The van der Waals surface area contributed by atoms with Gasteiger partial charge in [0.05, 0.1) is 5.56 Å². The normalized spacial score (nSPS) is 11.4. The van der Waals surface area contributed by atoms with Crippen LogP contribution in [-0.2, 0) is 17.5 Å². The summed E-state index contributed by atoms with van der Waals surface area (Å²) in [6.07, 6.45) is -1.43. The molecule has 0 heterocycles. The summed E-state index contributed by atoms with van der Waals surface area (Å²) in [6, 6.07) is 12.7. The minimum atomic E-state index is -4.59. The smallest absolute Gasteiger partial charge is 0.417 e. The average molecular weight is 377 g/mol. The minimum Gasteiger partial charge on any atom is -0.445 e. The van der Waals surface area contributed by atoms with Crippen molar-refractivity contribution in [1.29, 1.82) is 0 Å². The third-order valence-corrected chi connectivity index (χ3v) is 3.61. The van der Waals surface area contributed by atoms with Gasteiger partial charge in [0.25, 0.3) is 0 Å². The Morgan fingerprint density at radius 3 is 2.52 bits per heavy atom. The van der Waals surface area contributed by atoms with Gasteiger partial charge in [-0.3, -0.25) is 4.79 Å². The second-order valence-electron chi connectivity index (χ2n) is 5.64. The number of rotatable bonds is 7. The van der Waals surface area contributed by atoms with Crippen molar-refractivity contribution in [3.05, 3.63) is 76.9 Å². The third kappa shape index (κ3) is 6.62. The maximum atomic E-state index is 12.9. The molecule has 0 aliphatic heterocycles. The van der Waals surface area contributed by atoms with E-state index in [1.807, 2.05) is 30.3 Å². The Balaban J connectivity index is 1.79. The summed E-state index contributed by atoms with van der Waals surface area (Å²) in [5, 5.41) is 2.55. The first-order chi connectivity index (χ1) is 12.9.